The highest BCUT2D eigenvalue weighted by Gasteiger charge is 2.54. The Balaban J connectivity index is 1.61. The largest absolute Gasteiger partial charge is 0.336 e. The molecule has 0 saturated carbocycles. The summed E-state index contributed by atoms with van der Waals surface area (Å²) in [5, 5.41) is 0. The zero-order chi connectivity index (χ0) is 17.6. The summed E-state index contributed by atoms with van der Waals surface area (Å²) in [6, 6.07) is 11.0. The predicted molar refractivity (Wildman–Crippen MR) is 95.6 cm³/mol. The lowest BCUT2D eigenvalue weighted by Crippen LogP contribution is -2.61. The number of likely N-dealkylation sites (tertiary alicyclic amines) is 1. The Morgan fingerprint density at radius 2 is 1.84 bits per heavy atom. The molecule has 0 spiro atoms. The van der Waals surface area contributed by atoms with Crippen molar-refractivity contribution in [2.75, 3.05) is 32.4 Å². The number of fused-ring (bicyclic) bond motifs is 2. The summed E-state index contributed by atoms with van der Waals surface area (Å²) in [6.07, 6.45) is 3.35. The molecule has 4 aliphatic rings. The van der Waals surface area contributed by atoms with Crippen molar-refractivity contribution in [1.29, 1.82) is 0 Å². The maximum atomic E-state index is 12.8. The average Bonchev–Trinajstić information content (AvgIpc) is 3.04. The van der Waals surface area contributed by atoms with E-state index in [0.717, 1.165) is 32.2 Å². The third kappa shape index (κ3) is 3.20. The van der Waals surface area contributed by atoms with E-state index in [1.54, 1.807) is 0 Å². The topological polar surface area (TPSA) is 69.7 Å². The number of carbonyl (C=O) groups is 1. The van der Waals surface area contributed by atoms with Gasteiger partial charge in [-0.25, -0.2) is 13.1 Å². The van der Waals surface area contributed by atoms with Crippen molar-refractivity contribution < 1.29 is 13.2 Å². The molecule has 6 nitrogen and oxygen atoms in total. The van der Waals surface area contributed by atoms with Gasteiger partial charge in [-0.1, -0.05) is 30.3 Å². The Morgan fingerprint density at radius 1 is 1.16 bits per heavy atom. The molecule has 1 amide bonds. The maximum Gasteiger partial charge on any atom is 0.237 e. The normalized spacial score (nSPS) is 34.1. The molecule has 4 heterocycles. The molecule has 2 bridgehead atoms. The fourth-order valence-electron chi connectivity index (χ4n) is 4.99. The Kier molecular flexibility index (Phi) is 4.33. The van der Waals surface area contributed by atoms with Crippen molar-refractivity contribution in [1.82, 2.24) is 14.5 Å². The molecular formula is C18H25N3O3S. The summed E-state index contributed by atoms with van der Waals surface area (Å²) in [4.78, 5) is 17.3. The summed E-state index contributed by atoms with van der Waals surface area (Å²) in [7, 11) is -3.36. The van der Waals surface area contributed by atoms with Gasteiger partial charge in [0.1, 0.15) is 0 Å². The summed E-state index contributed by atoms with van der Waals surface area (Å²) in [5.74, 6) is 0.731. The number of piperidine rings is 3. The van der Waals surface area contributed by atoms with Crippen LogP contribution in [0.1, 0.15) is 24.3 Å². The zero-order valence-electron chi connectivity index (χ0n) is 14.5. The average molecular weight is 363 g/mol. The monoisotopic (exact) mass is 363 g/mol. The number of hydrogen-bond donors (Lipinski definition) is 1. The van der Waals surface area contributed by atoms with E-state index in [0.29, 0.717) is 24.4 Å². The number of nitrogens with one attached hydrogen (secondary N) is 1. The van der Waals surface area contributed by atoms with Gasteiger partial charge in [0.25, 0.3) is 0 Å². The molecule has 0 aromatic heterocycles. The van der Waals surface area contributed by atoms with Gasteiger partial charge in [-0.3, -0.25) is 9.69 Å². The van der Waals surface area contributed by atoms with E-state index in [2.05, 4.69) is 33.9 Å². The van der Waals surface area contributed by atoms with Crippen molar-refractivity contribution in [3.63, 3.8) is 0 Å². The van der Waals surface area contributed by atoms with Gasteiger partial charge in [0.05, 0.1) is 18.8 Å². The van der Waals surface area contributed by atoms with Crippen LogP contribution in [0.15, 0.2) is 30.3 Å². The molecule has 4 saturated heterocycles. The van der Waals surface area contributed by atoms with Crippen molar-refractivity contribution in [2.45, 2.75) is 30.8 Å². The SMILES string of the molecule is CS(=O)(=O)NCC(=O)N1C[C@@H](c2ccccc2)[C@@H]2[C@H]1C1CCN2CC1. The van der Waals surface area contributed by atoms with Gasteiger partial charge in [0, 0.05) is 18.5 Å². The Bertz CT molecular complexity index is 744. The first-order valence-corrected chi connectivity index (χ1v) is 10.9. The Hall–Kier alpha value is -1.44. The van der Waals surface area contributed by atoms with Crippen molar-refractivity contribution in [3.8, 4) is 0 Å². The van der Waals surface area contributed by atoms with Crippen LogP contribution in [-0.2, 0) is 14.8 Å². The van der Waals surface area contributed by atoms with E-state index in [1.807, 2.05) is 11.0 Å². The van der Waals surface area contributed by atoms with Gasteiger partial charge in [0.2, 0.25) is 15.9 Å². The molecule has 1 N–H and O–H groups in total. The number of benzene rings is 1. The van der Waals surface area contributed by atoms with Crippen molar-refractivity contribution >= 4 is 15.9 Å². The summed E-state index contributed by atoms with van der Waals surface area (Å²) in [5.41, 5.74) is 1.27. The summed E-state index contributed by atoms with van der Waals surface area (Å²) >= 11 is 0. The molecule has 4 aliphatic heterocycles. The molecule has 1 aromatic rings. The number of nitrogens with zero attached hydrogens (tertiary/aromatic N) is 2. The molecule has 1 aromatic carbocycles. The highest BCUT2D eigenvalue weighted by molar-refractivity contribution is 7.88. The zero-order valence-corrected chi connectivity index (χ0v) is 15.3. The second kappa shape index (κ2) is 6.37. The van der Waals surface area contributed by atoms with Gasteiger partial charge in [0.15, 0.2) is 0 Å². The lowest BCUT2D eigenvalue weighted by molar-refractivity contribution is -0.134. The van der Waals surface area contributed by atoms with Crippen molar-refractivity contribution in [2.24, 2.45) is 5.92 Å². The van der Waals surface area contributed by atoms with Crippen LogP contribution in [0.5, 0.6) is 0 Å². The first kappa shape index (κ1) is 17.0. The number of amides is 1. The fourth-order valence-corrected chi connectivity index (χ4v) is 5.38. The minimum absolute atomic E-state index is 0.104. The highest BCUT2D eigenvalue weighted by atomic mass is 32.2. The summed E-state index contributed by atoms with van der Waals surface area (Å²) in [6.45, 7) is 2.75. The quantitative estimate of drug-likeness (QED) is 0.852. The molecule has 136 valence electrons. The van der Waals surface area contributed by atoms with Crippen LogP contribution in [0.25, 0.3) is 0 Å². The molecule has 0 unspecified atom stereocenters. The van der Waals surface area contributed by atoms with Gasteiger partial charge in [-0.05, 0) is 37.4 Å². The Morgan fingerprint density at radius 3 is 2.48 bits per heavy atom. The van der Waals surface area contributed by atoms with Gasteiger partial charge in [-0.2, -0.15) is 0 Å². The van der Waals surface area contributed by atoms with E-state index >= 15 is 0 Å². The van der Waals surface area contributed by atoms with Crippen LogP contribution in [0, 0.1) is 5.92 Å². The first-order valence-electron chi connectivity index (χ1n) is 8.97. The van der Waals surface area contributed by atoms with E-state index in [1.165, 1.54) is 5.56 Å². The first-order chi connectivity index (χ1) is 11.9. The van der Waals surface area contributed by atoms with E-state index in [4.69, 9.17) is 0 Å². The number of carbonyl (C=O) groups excluding carboxylic acids is 1. The minimum atomic E-state index is -3.36. The predicted octanol–water partition coefficient (Wildman–Crippen LogP) is 0.624. The molecule has 4 fully saturated rings. The molecule has 0 aliphatic carbocycles. The lowest BCUT2D eigenvalue weighted by Gasteiger charge is -2.51. The minimum Gasteiger partial charge on any atom is -0.336 e. The summed E-state index contributed by atoms with van der Waals surface area (Å²) < 4.78 is 25.1. The molecule has 7 heteroatoms. The van der Waals surface area contributed by atoms with E-state index in [-0.39, 0.29) is 18.5 Å². The molecule has 0 radical (unpaired) electrons. The molecular weight excluding hydrogens is 338 g/mol. The number of sulfonamides is 1. The third-order valence-electron chi connectivity index (χ3n) is 6.03. The highest BCUT2D eigenvalue weighted by Crippen LogP contribution is 2.46. The molecule has 3 atom stereocenters. The maximum absolute atomic E-state index is 12.8. The van der Waals surface area contributed by atoms with E-state index in [9.17, 15) is 13.2 Å². The van der Waals surface area contributed by atoms with Crippen molar-refractivity contribution in [3.05, 3.63) is 35.9 Å². The second-order valence-corrected chi connectivity index (χ2v) is 9.34. The van der Waals surface area contributed by atoms with Crippen LogP contribution in [0.4, 0.5) is 0 Å². The van der Waals surface area contributed by atoms with E-state index < -0.39 is 10.0 Å². The number of hydrogen-bond acceptors (Lipinski definition) is 4. The second-order valence-electron chi connectivity index (χ2n) is 7.51. The van der Waals surface area contributed by atoms with Crippen LogP contribution in [0.3, 0.4) is 0 Å². The molecule has 25 heavy (non-hydrogen) atoms. The number of rotatable bonds is 4. The van der Waals surface area contributed by atoms with Crippen LogP contribution >= 0.6 is 0 Å². The van der Waals surface area contributed by atoms with Crippen LogP contribution in [-0.4, -0.2) is 68.6 Å². The van der Waals surface area contributed by atoms with Crippen LogP contribution < -0.4 is 4.72 Å². The molecule has 5 rings (SSSR count). The standard InChI is InChI=1S/C18H25N3O3S/c1-25(23,24)19-11-16(22)21-12-15(13-5-3-2-4-6-13)18-17(21)14-7-9-20(18)10-8-14/h2-6,14-15,17-19H,7-12H2,1H3/t15-,17+,18+/m0/s1. The smallest absolute Gasteiger partial charge is 0.237 e. The van der Waals surface area contributed by atoms with Gasteiger partial charge in [-0.15, -0.1) is 0 Å². The Labute approximate surface area is 149 Å². The van der Waals surface area contributed by atoms with Crippen LogP contribution in [0.2, 0.25) is 0 Å². The fraction of sp³-hybridized carbons (Fsp3) is 0.611. The van der Waals surface area contributed by atoms with Gasteiger partial charge >= 0.3 is 0 Å². The third-order valence-corrected chi connectivity index (χ3v) is 6.70. The van der Waals surface area contributed by atoms with Gasteiger partial charge < -0.3 is 4.90 Å². The lowest BCUT2D eigenvalue weighted by atomic mass is 9.75.